The van der Waals surface area contributed by atoms with E-state index < -0.39 is 0 Å². The zero-order valence-electron chi connectivity index (χ0n) is 17.6. The first-order valence-corrected chi connectivity index (χ1v) is 11.6. The maximum atomic E-state index is 13.1. The predicted molar refractivity (Wildman–Crippen MR) is 124 cm³/mol. The molecule has 1 aliphatic carbocycles. The van der Waals surface area contributed by atoms with Gasteiger partial charge in [-0.1, -0.05) is 17.7 Å². The van der Waals surface area contributed by atoms with Crippen LogP contribution in [0.4, 0.5) is 5.69 Å². The molecular weight excluding hydrogens is 426 g/mol. The van der Waals surface area contributed by atoms with Gasteiger partial charge in [-0.05, 0) is 67.5 Å². The number of nitrogens with one attached hydrogen (secondary N) is 1. The Morgan fingerprint density at radius 3 is 2.66 bits per heavy atom. The smallest absolute Gasteiger partial charge is 0.262 e. The van der Waals surface area contributed by atoms with Crippen molar-refractivity contribution in [1.29, 1.82) is 0 Å². The second-order valence-corrected chi connectivity index (χ2v) is 9.44. The number of amides is 2. The van der Waals surface area contributed by atoms with Gasteiger partial charge in [0, 0.05) is 41.3 Å². The van der Waals surface area contributed by atoms with Gasteiger partial charge in [0.05, 0.1) is 11.2 Å². The van der Waals surface area contributed by atoms with Gasteiger partial charge < -0.3 is 19.5 Å². The molecule has 2 fully saturated rings. The van der Waals surface area contributed by atoms with Crippen molar-refractivity contribution in [2.24, 2.45) is 0 Å². The fourth-order valence-electron chi connectivity index (χ4n) is 5.02. The van der Waals surface area contributed by atoms with Gasteiger partial charge in [0.2, 0.25) is 0 Å². The largest absolute Gasteiger partial charge is 0.482 e. The van der Waals surface area contributed by atoms with Crippen molar-refractivity contribution in [3.05, 3.63) is 58.7 Å². The Morgan fingerprint density at radius 1 is 1.06 bits per heavy atom. The lowest BCUT2D eigenvalue weighted by molar-refractivity contribution is -0.118. The van der Waals surface area contributed by atoms with E-state index in [0.717, 1.165) is 17.9 Å². The average molecular weight is 450 g/mol. The summed E-state index contributed by atoms with van der Waals surface area (Å²) in [6.07, 6.45) is 6.66. The van der Waals surface area contributed by atoms with Crippen molar-refractivity contribution in [2.75, 3.05) is 25.0 Å². The second-order valence-electron chi connectivity index (χ2n) is 9.00. The highest BCUT2D eigenvalue weighted by Gasteiger charge is 2.30. The monoisotopic (exact) mass is 449 g/mol. The van der Waals surface area contributed by atoms with Gasteiger partial charge >= 0.3 is 0 Å². The van der Waals surface area contributed by atoms with E-state index in [4.69, 9.17) is 16.3 Å². The van der Waals surface area contributed by atoms with Gasteiger partial charge in [-0.2, -0.15) is 0 Å². The maximum Gasteiger partial charge on any atom is 0.262 e. The van der Waals surface area contributed by atoms with Gasteiger partial charge in [0.25, 0.3) is 11.8 Å². The van der Waals surface area contributed by atoms with Crippen molar-refractivity contribution >= 4 is 40.0 Å². The molecule has 0 atom stereocenters. The van der Waals surface area contributed by atoms with Crippen molar-refractivity contribution < 1.29 is 14.3 Å². The number of halogens is 1. The second kappa shape index (κ2) is 7.55. The van der Waals surface area contributed by atoms with Gasteiger partial charge in [-0.3, -0.25) is 9.59 Å². The number of nitrogens with zero attached hydrogens (tertiary/aromatic N) is 2. The Labute approximate surface area is 191 Å². The summed E-state index contributed by atoms with van der Waals surface area (Å²) in [4.78, 5) is 26.6. The molecule has 1 saturated heterocycles. The maximum absolute atomic E-state index is 13.1. The van der Waals surface area contributed by atoms with E-state index in [1.54, 1.807) is 18.2 Å². The fraction of sp³-hybridized carbons (Fsp3) is 0.360. The summed E-state index contributed by atoms with van der Waals surface area (Å²) in [5.41, 5.74) is 3.75. The van der Waals surface area contributed by atoms with E-state index in [2.05, 4.69) is 28.2 Å². The minimum absolute atomic E-state index is 0.00161. The number of anilines is 1. The molecule has 164 valence electrons. The van der Waals surface area contributed by atoms with Crippen LogP contribution in [0.25, 0.3) is 10.9 Å². The number of hydrogen-bond acceptors (Lipinski definition) is 3. The number of rotatable bonds is 3. The molecule has 7 heteroatoms. The summed E-state index contributed by atoms with van der Waals surface area (Å²) in [5, 5.41) is 4.84. The normalized spacial score (nSPS) is 18.9. The average Bonchev–Trinajstić information content (AvgIpc) is 3.59. The van der Waals surface area contributed by atoms with Crippen molar-refractivity contribution in [1.82, 2.24) is 9.47 Å². The summed E-state index contributed by atoms with van der Waals surface area (Å²) in [7, 11) is 0. The number of piperidine rings is 1. The molecule has 1 saturated carbocycles. The number of carbonyl (C=O) groups excluding carboxylic acids is 2. The van der Waals surface area contributed by atoms with Gasteiger partial charge in [0.15, 0.2) is 6.61 Å². The molecule has 2 aromatic carbocycles. The number of likely N-dealkylation sites (tertiary alicyclic amines) is 1. The first kappa shape index (κ1) is 19.7. The lowest BCUT2D eigenvalue weighted by Crippen LogP contribution is -2.38. The molecule has 3 aliphatic rings. The molecule has 6 rings (SSSR count). The van der Waals surface area contributed by atoms with Gasteiger partial charge in [0.1, 0.15) is 5.75 Å². The van der Waals surface area contributed by atoms with Crippen LogP contribution in [0.15, 0.2) is 42.6 Å². The summed E-state index contributed by atoms with van der Waals surface area (Å²) in [6.45, 7) is 1.44. The third kappa shape index (κ3) is 3.43. The van der Waals surface area contributed by atoms with Crippen LogP contribution in [0.3, 0.4) is 0 Å². The molecule has 6 nitrogen and oxygen atoms in total. The Bertz CT molecular complexity index is 1240. The fourth-order valence-corrected chi connectivity index (χ4v) is 5.19. The zero-order chi connectivity index (χ0) is 21.8. The predicted octanol–water partition coefficient (Wildman–Crippen LogP) is 4.98. The molecule has 3 heterocycles. The van der Waals surface area contributed by atoms with E-state index in [0.29, 0.717) is 42.0 Å². The SMILES string of the molecule is O=C1COc2ccc(C(=O)N3CCC(c4cn(C5CC5)c5cc(Cl)ccc45)CC3)cc2N1. The lowest BCUT2D eigenvalue weighted by Gasteiger charge is -2.32. The number of fused-ring (bicyclic) bond motifs is 2. The van der Waals surface area contributed by atoms with Crippen LogP contribution in [0.2, 0.25) is 5.02 Å². The molecule has 0 bridgehead atoms. The first-order valence-electron chi connectivity index (χ1n) is 11.2. The van der Waals surface area contributed by atoms with E-state index >= 15 is 0 Å². The van der Waals surface area contributed by atoms with Crippen LogP contribution in [0.1, 0.15) is 53.6 Å². The molecule has 0 radical (unpaired) electrons. The highest BCUT2D eigenvalue weighted by atomic mass is 35.5. The molecule has 2 aliphatic heterocycles. The molecule has 1 aromatic heterocycles. The molecule has 0 unspecified atom stereocenters. The van der Waals surface area contributed by atoms with Crippen LogP contribution >= 0.6 is 11.6 Å². The summed E-state index contributed by atoms with van der Waals surface area (Å²) < 4.78 is 7.80. The number of aromatic nitrogens is 1. The first-order chi connectivity index (χ1) is 15.6. The molecule has 2 amide bonds. The molecule has 32 heavy (non-hydrogen) atoms. The van der Waals surface area contributed by atoms with Crippen LogP contribution < -0.4 is 10.1 Å². The minimum Gasteiger partial charge on any atom is -0.482 e. The number of benzene rings is 2. The van der Waals surface area contributed by atoms with Crippen LogP contribution in [0, 0.1) is 0 Å². The van der Waals surface area contributed by atoms with Crippen molar-refractivity contribution in [3.63, 3.8) is 0 Å². The highest BCUT2D eigenvalue weighted by molar-refractivity contribution is 6.31. The topological polar surface area (TPSA) is 63.6 Å². The molecule has 3 aromatic rings. The van der Waals surface area contributed by atoms with E-state index in [1.165, 1.54) is 29.3 Å². The third-order valence-corrected chi connectivity index (χ3v) is 7.08. The quantitative estimate of drug-likeness (QED) is 0.613. The Balaban J connectivity index is 1.20. The molecular formula is C25H24ClN3O3. The van der Waals surface area contributed by atoms with E-state index in [-0.39, 0.29) is 18.4 Å². The van der Waals surface area contributed by atoms with Crippen molar-refractivity contribution in [3.8, 4) is 5.75 Å². The highest BCUT2D eigenvalue weighted by Crippen LogP contribution is 2.42. The van der Waals surface area contributed by atoms with Crippen LogP contribution in [-0.4, -0.2) is 41.0 Å². The zero-order valence-corrected chi connectivity index (χ0v) is 18.4. The Kier molecular flexibility index (Phi) is 4.65. The summed E-state index contributed by atoms with van der Waals surface area (Å²) in [6, 6.07) is 12.0. The Morgan fingerprint density at radius 2 is 1.88 bits per heavy atom. The Hall–Kier alpha value is -2.99. The van der Waals surface area contributed by atoms with E-state index in [1.807, 2.05) is 11.0 Å². The number of carbonyl (C=O) groups is 2. The molecule has 0 spiro atoms. The van der Waals surface area contributed by atoms with E-state index in [9.17, 15) is 9.59 Å². The van der Waals surface area contributed by atoms with Crippen LogP contribution in [-0.2, 0) is 4.79 Å². The summed E-state index contributed by atoms with van der Waals surface area (Å²) in [5.74, 6) is 0.832. The number of ether oxygens (including phenoxy) is 1. The van der Waals surface area contributed by atoms with Gasteiger partial charge in [-0.25, -0.2) is 0 Å². The lowest BCUT2D eigenvalue weighted by atomic mass is 9.89. The standard InChI is InChI=1S/C25H24ClN3O3/c26-17-2-5-19-20(13-29(18-3-4-18)22(19)12-17)15-7-9-28(10-8-15)25(31)16-1-6-23-21(11-16)27-24(30)14-32-23/h1-2,5-6,11-13,15,18H,3-4,7-10,14H2,(H,27,30). The minimum atomic E-state index is -0.199. The van der Waals surface area contributed by atoms with Gasteiger partial charge in [-0.15, -0.1) is 0 Å². The summed E-state index contributed by atoms with van der Waals surface area (Å²) >= 11 is 6.29. The van der Waals surface area contributed by atoms with Crippen LogP contribution in [0.5, 0.6) is 5.75 Å². The number of hydrogen-bond donors (Lipinski definition) is 1. The molecule has 1 N–H and O–H groups in total. The van der Waals surface area contributed by atoms with Crippen molar-refractivity contribution in [2.45, 2.75) is 37.6 Å². The third-order valence-electron chi connectivity index (χ3n) is 6.85.